The van der Waals surface area contributed by atoms with Crippen molar-refractivity contribution in [3.63, 3.8) is 0 Å². The first kappa shape index (κ1) is 17.9. The lowest BCUT2D eigenvalue weighted by atomic mass is 9.98. The van der Waals surface area contributed by atoms with Crippen LogP contribution < -0.4 is 10.6 Å². The summed E-state index contributed by atoms with van der Waals surface area (Å²) in [5.74, 6) is 0. The first-order valence-electron chi connectivity index (χ1n) is 8.73. The molecule has 0 aliphatic carbocycles. The fraction of sp³-hybridized carbons (Fsp3) is 0.350. The highest BCUT2D eigenvalue weighted by atomic mass is 32.1. The van der Waals surface area contributed by atoms with Gasteiger partial charge in [0, 0.05) is 24.8 Å². The van der Waals surface area contributed by atoms with Gasteiger partial charge >= 0.3 is 0 Å². The Morgan fingerprint density at radius 3 is 2.24 bits per heavy atom. The van der Waals surface area contributed by atoms with Gasteiger partial charge in [-0.25, -0.2) is 0 Å². The van der Waals surface area contributed by atoms with Crippen LogP contribution in [0.1, 0.15) is 18.5 Å². The van der Waals surface area contributed by atoms with Gasteiger partial charge in [-0.3, -0.25) is 4.90 Å². The van der Waals surface area contributed by atoms with Crippen molar-refractivity contribution in [2.24, 2.45) is 0 Å². The number of rotatable bonds is 5. The normalized spacial score (nSPS) is 17.5. The molecule has 2 atom stereocenters. The van der Waals surface area contributed by atoms with E-state index in [1.54, 1.807) is 0 Å². The number of nitrogens with one attached hydrogen (secondary N) is 2. The summed E-state index contributed by atoms with van der Waals surface area (Å²) in [5.41, 5.74) is 2.29. The molecule has 0 saturated carbocycles. The molecule has 1 fully saturated rings. The Morgan fingerprint density at radius 1 is 1.00 bits per heavy atom. The third kappa shape index (κ3) is 5.01. The third-order valence-corrected chi connectivity index (χ3v) is 4.66. The van der Waals surface area contributed by atoms with E-state index in [1.807, 2.05) is 30.3 Å². The number of anilines is 1. The van der Waals surface area contributed by atoms with E-state index in [9.17, 15) is 0 Å². The Kier molecular flexibility index (Phi) is 6.39. The predicted molar refractivity (Wildman–Crippen MR) is 107 cm³/mol. The van der Waals surface area contributed by atoms with E-state index in [0.29, 0.717) is 5.11 Å². The summed E-state index contributed by atoms with van der Waals surface area (Å²) in [7, 11) is 0. The Balaban J connectivity index is 1.70. The maximum absolute atomic E-state index is 5.53. The van der Waals surface area contributed by atoms with Crippen molar-refractivity contribution in [1.29, 1.82) is 0 Å². The van der Waals surface area contributed by atoms with Crippen LogP contribution in [0.4, 0.5) is 5.69 Å². The van der Waals surface area contributed by atoms with Crippen LogP contribution in [0, 0.1) is 0 Å². The molecule has 0 radical (unpaired) electrons. The summed E-state index contributed by atoms with van der Waals surface area (Å²) in [6.45, 7) is 5.62. The second kappa shape index (κ2) is 8.94. The molecule has 0 spiro atoms. The Hall–Kier alpha value is -1.95. The van der Waals surface area contributed by atoms with E-state index < -0.39 is 0 Å². The minimum absolute atomic E-state index is 0.171. The summed E-state index contributed by atoms with van der Waals surface area (Å²) < 4.78 is 5.53. The van der Waals surface area contributed by atoms with Gasteiger partial charge in [0.25, 0.3) is 0 Å². The van der Waals surface area contributed by atoms with E-state index in [-0.39, 0.29) is 12.1 Å². The van der Waals surface area contributed by atoms with Gasteiger partial charge in [0.1, 0.15) is 0 Å². The molecule has 25 heavy (non-hydrogen) atoms. The van der Waals surface area contributed by atoms with Gasteiger partial charge in [-0.1, -0.05) is 48.5 Å². The van der Waals surface area contributed by atoms with Crippen molar-refractivity contribution in [1.82, 2.24) is 10.2 Å². The number of hydrogen-bond acceptors (Lipinski definition) is 3. The fourth-order valence-corrected chi connectivity index (χ4v) is 3.60. The summed E-state index contributed by atoms with van der Waals surface area (Å²) >= 11 is 5.52. The smallest absolute Gasteiger partial charge is 0.171 e. The predicted octanol–water partition coefficient (Wildman–Crippen LogP) is 3.44. The summed E-state index contributed by atoms with van der Waals surface area (Å²) in [6.07, 6.45) is 0. The van der Waals surface area contributed by atoms with E-state index in [4.69, 9.17) is 17.0 Å². The molecule has 2 aromatic carbocycles. The van der Waals surface area contributed by atoms with Crippen LogP contribution in [0.15, 0.2) is 60.7 Å². The van der Waals surface area contributed by atoms with Gasteiger partial charge in [-0.05, 0) is 36.8 Å². The van der Waals surface area contributed by atoms with Crippen molar-refractivity contribution in [3.8, 4) is 0 Å². The summed E-state index contributed by atoms with van der Waals surface area (Å²) in [6, 6.07) is 21.0. The van der Waals surface area contributed by atoms with E-state index in [2.05, 4.69) is 52.8 Å². The summed E-state index contributed by atoms with van der Waals surface area (Å²) in [4.78, 5) is 2.47. The number of morpholine rings is 1. The van der Waals surface area contributed by atoms with Crippen molar-refractivity contribution in [2.45, 2.75) is 19.0 Å². The van der Waals surface area contributed by atoms with Gasteiger partial charge in [-0.2, -0.15) is 0 Å². The largest absolute Gasteiger partial charge is 0.379 e. The number of thiocarbonyl (C=S) groups is 1. The number of ether oxygens (including phenoxy) is 1. The molecular weight excluding hydrogens is 330 g/mol. The van der Waals surface area contributed by atoms with Gasteiger partial charge in [-0.15, -0.1) is 0 Å². The number of hydrogen-bond donors (Lipinski definition) is 2. The molecule has 1 aliphatic heterocycles. The average molecular weight is 356 g/mol. The van der Waals surface area contributed by atoms with Crippen LogP contribution in [0.2, 0.25) is 0 Å². The molecule has 5 heteroatoms. The maximum atomic E-state index is 5.53. The molecule has 2 aromatic rings. The highest BCUT2D eigenvalue weighted by Crippen LogP contribution is 2.25. The fourth-order valence-electron chi connectivity index (χ4n) is 3.30. The van der Waals surface area contributed by atoms with Gasteiger partial charge < -0.3 is 15.4 Å². The molecule has 0 bridgehead atoms. The lowest BCUT2D eigenvalue weighted by Gasteiger charge is -2.38. The zero-order chi connectivity index (χ0) is 17.5. The highest BCUT2D eigenvalue weighted by molar-refractivity contribution is 7.80. The van der Waals surface area contributed by atoms with E-state index >= 15 is 0 Å². The lowest BCUT2D eigenvalue weighted by Crippen LogP contribution is -2.49. The zero-order valence-corrected chi connectivity index (χ0v) is 15.3. The van der Waals surface area contributed by atoms with Gasteiger partial charge in [0.15, 0.2) is 5.11 Å². The van der Waals surface area contributed by atoms with E-state index in [0.717, 1.165) is 32.0 Å². The molecule has 1 aliphatic rings. The van der Waals surface area contributed by atoms with Crippen LogP contribution in [0.3, 0.4) is 0 Å². The minimum atomic E-state index is 0.171. The molecule has 1 heterocycles. The Bertz CT molecular complexity index is 659. The molecule has 0 amide bonds. The first-order chi connectivity index (χ1) is 12.2. The molecule has 2 N–H and O–H groups in total. The minimum Gasteiger partial charge on any atom is -0.379 e. The Labute approximate surface area is 155 Å². The zero-order valence-electron chi connectivity index (χ0n) is 14.5. The average Bonchev–Trinajstić information content (AvgIpc) is 2.64. The standard InChI is InChI=1S/C20H25N3OS/c1-16(21-20(25)22-18-10-6-3-7-11-18)19(17-8-4-2-5-9-17)23-12-14-24-15-13-23/h2-11,16,19H,12-15H2,1H3,(H2,21,22,25). The molecule has 132 valence electrons. The number of nitrogens with zero attached hydrogens (tertiary/aromatic N) is 1. The number of para-hydroxylation sites is 1. The van der Waals surface area contributed by atoms with Crippen molar-refractivity contribution >= 4 is 23.0 Å². The maximum Gasteiger partial charge on any atom is 0.171 e. The van der Waals surface area contributed by atoms with Crippen LogP contribution in [-0.2, 0) is 4.74 Å². The van der Waals surface area contributed by atoms with Crippen molar-refractivity contribution in [3.05, 3.63) is 66.2 Å². The molecular formula is C20H25N3OS. The van der Waals surface area contributed by atoms with Crippen LogP contribution in [-0.4, -0.2) is 42.4 Å². The molecule has 4 nitrogen and oxygen atoms in total. The monoisotopic (exact) mass is 355 g/mol. The molecule has 0 aromatic heterocycles. The quantitative estimate of drug-likeness (QED) is 0.804. The van der Waals surface area contributed by atoms with Crippen LogP contribution in [0.5, 0.6) is 0 Å². The molecule has 3 rings (SSSR count). The Morgan fingerprint density at radius 2 is 1.60 bits per heavy atom. The number of benzene rings is 2. The summed E-state index contributed by atoms with van der Waals surface area (Å²) in [5, 5.41) is 7.37. The lowest BCUT2D eigenvalue weighted by molar-refractivity contribution is 0.0102. The third-order valence-electron chi connectivity index (χ3n) is 4.44. The SMILES string of the molecule is CC(NC(=S)Nc1ccccc1)C(c1ccccc1)N1CCOCC1. The highest BCUT2D eigenvalue weighted by Gasteiger charge is 2.28. The topological polar surface area (TPSA) is 36.5 Å². The second-order valence-electron chi connectivity index (χ2n) is 6.26. The van der Waals surface area contributed by atoms with Crippen LogP contribution >= 0.6 is 12.2 Å². The molecule has 2 unspecified atom stereocenters. The molecule has 1 saturated heterocycles. The first-order valence-corrected chi connectivity index (χ1v) is 9.14. The van der Waals surface area contributed by atoms with Crippen molar-refractivity contribution < 1.29 is 4.74 Å². The van der Waals surface area contributed by atoms with Crippen LogP contribution in [0.25, 0.3) is 0 Å². The van der Waals surface area contributed by atoms with Crippen molar-refractivity contribution in [2.75, 3.05) is 31.6 Å². The van der Waals surface area contributed by atoms with Gasteiger partial charge in [0.2, 0.25) is 0 Å². The van der Waals surface area contributed by atoms with E-state index in [1.165, 1.54) is 5.56 Å². The second-order valence-corrected chi connectivity index (χ2v) is 6.67. The van der Waals surface area contributed by atoms with Gasteiger partial charge in [0.05, 0.1) is 19.3 Å².